The number of hydrogen-bond donors (Lipinski definition) is 0. The minimum Gasteiger partial charge on any atom is -0.497 e. The Hall–Kier alpha value is -3.94. The molecule has 35 heavy (non-hydrogen) atoms. The first-order valence-corrected chi connectivity index (χ1v) is 12.1. The van der Waals surface area contributed by atoms with Crippen LogP contribution in [0.1, 0.15) is 40.6 Å². The number of aromatic nitrogens is 4. The van der Waals surface area contributed by atoms with E-state index in [0.29, 0.717) is 43.4 Å². The number of para-hydroxylation sites is 1. The second kappa shape index (κ2) is 8.69. The maximum atomic E-state index is 13.1. The molecule has 1 amide bonds. The molecule has 1 saturated carbocycles. The number of methoxy groups -OCH3 is 1. The van der Waals surface area contributed by atoms with Gasteiger partial charge in [-0.05, 0) is 50.1 Å². The summed E-state index contributed by atoms with van der Waals surface area (Å²) in [5.74, 6) is 2.98. The summed E-state index contributed by atoms with van der Waals surface area (Å²) in [5.41, 5.74) is 3.41. The van der Waals surface area contributed by atoms with Gasteiger partial charge in [-0.1, -0.05) is 24.3 Å². The molecular weight excluding hydrogens is 440 g/mol. The number of ether oxygens (including phenoxy) is 1. The molecule has 178 valence electrons. The molecule has 0 N–H and O–H groups in total. The molecule has 2 aromatic heterocycles. The molecule has 8 heteroatoms. The highest BCUT2D eigenvalue weighted by Crippen LogP contribution is 2.40. The Morgan fingerprint density at radius 1 is 0.971 bits per heavy atom. The van der Waals surface area contributed by atoms with Crippen LogP contribution in [0.25, 0.3) is 16.7 Å². The van der Waals surface area contributed by atoms with Crippen molar-refractivity contribution in [3.63, 3.8) is 0 Å². The molecule has 1 aliphatic carbocycles. The smallest absolute Gasteiger partial charge is 0.254 e. The van der Waals surface area contributed by atoms with E-state index in [1.165, 1.54) is 0 Å². The van der Waals surface area contributed by atoms with Crippen molar-refractivity contribution in [3.8, 4) is 11.4 Å². The van der Waals surface area contributed by atoms with Crippen molar-refractivity contribution in [1.82, 2.24) is 24.6 Å². The van der Waals surface area contributed by atoms with Crippen LogP contribution in [-0.4, -0.2) is 63.8 Å². The predicted octanol–water partition coefficient (Wildman–Crippen LogP) is 3.97. The number of anilines is 1. The van der Waals surface area contributed by atoms with Gasteiger partial charge in [-0.2, -0.15) is 5.10 Å². The summed E-state index contributed by atoms with van der Waals surface area (Å²) >= 11 is 0. The third-order valence-corrected chi connectivity index (χ3v) is 6.83. The molecule has 1 aliphatic heterocycles. The highest BCUT2D eigenvalue weighted by atomic mass is 16.5. The average molecular weight is 469 g/mol. The molecule has 2 fully saturated rings. The first kappa shape index (κ1) is 21.6. The first-order valence-electron chi connectivity index (χ1n) is 12.1. The van der Waals surface area contributed by atoms with Crippen LogP contribution >= 0.6 is 0 Å². The van der Waals surface area contributed by atoms with Crippen LogP contribution in [-0.2, 0) is 0 Å². The molecule has 3 heterocycles. The van der Waals surface area contributed by atoms with Crippen LogP contribution in [0.5, 0.6) is 5.75 Å². The van der Waals surface area contributed by atoms with E-state index in [-0.39, 0.29) is 5.91 Å². The van der Waals surface area contributed by atoms with Crippen molar-refractivity contribution in [2.24, 2.45) is 0 Å². The molecule has 1 saturated heterocycles. The van der Waals surface area contributed by atoms with Crippen LogP contribution in [0, 0.1) is 6.92 Å². The van der Waals surface area contributed by atoms with Crippen LogP contribution in [0.15, 0.2) is 54.6 Å². The lowest BCUT2D eigenvalue weighted by Gasteiger charge is -2.36. The molecule has 4 aromatic rings. The molecular formula is C27H28N6O2. The van der Waals surface area contributed by atoms with Gasteiger partial charge in [0.25, 0.3) is 5.91 Å². The fourth-order valence-electron chi connectivity index (χ4n) is 4.74. The van der Waals surface area contributed by atoms with E-state index in [2.05, 4.69) is 4.90 Å². The second-order valence-corrected chi connectivity index (χ2v) is 9.22. The lowest BCUT2D eigenvalue weighted by Crippen LogP contribution is -2.49. The summed E-state index contributed by atoms with van der Waals surface area (Å²) in [6.07, 6.45) is 2.26. The Kier molecular flexibility index (Phi) is 5.36. The van der Waals surface area contributed by atoms with E-state index < -0.39 is 0 Å². The normalized spacial score (nSPS) is 16.1. The van der Waals surface area contributed by atoms with Crippen LogP contribution in [0.4, 0.5) is 5.82 Å². The summed E-state index contributed by atoms with van der Waals surface area (Å²) < 4.78 is 7.22. The zero-order chi connectivity index (χ0) is 23.9. The van der Waals surface area contributed by atoms with Gasteiger partial charge < -0.3 is 14.5 Å². The van der Waals surface area contributed by atoms with Crippen LogP contribution in [0.2, 0.25) is 0 Å². The van der Waals surface area contributed by atoms with Gasteiger partial charge in [0.05, 0.1) is 23.9 Å². The SMILES string of the molecule is COc1cccc(C(=O)N2CCN(c3nc(C4CC4)nc4c3c(C)nn4-c3ccccc3)CC2)c1. The van der Waals surface area contributed by atoms with Crippen molar-refractivity contribution in [2.45, 2.75) is 25.7 Å². The second-order valence-electron chi connectivity index (χ2n) is 9.22. The Morgan fingerprint density at radius 3 is 2.46 bits per heavy atom. The van der Waals surface area contributed by atoms with Crippen molar-refractivity contribution in [2.75, 3.05) is 38.2 Å². The third-order valence-electron chi connectivity index (χ3n) is 6.83. The maximum Gasteiger partial charge on any atom is 0.254 e. The van der Waals surface area contributed by atoms with Gasteiger partial charge in [0.2, 0.25) is 0 Å². The van der Waals surface area contributed by atoms with Gasteiger partial charge in [-0.15, -0.1) is 0 Å². The first-order chi connectivity index (χ1) is 17.1. The lowest BCUT2D eigenvalue weighted by atomic mass is 10.1. The number of benzene rings is 2. The zero-order valence-electron chi connectivity index (χ0n) is 20.0. The van der Waals surface area contributed by atoms with E-state index in [1.54, 1.807) is 13.2 Å². The summed E-state index contributed by atoms with van der Waals surface area (Å²) in [6, 6.07) is 17.5. The van der Waals surface area contributed by atoms with Gasteiger partial charge in [0.1, 0.15) is 17.4 Å². The summed E-state index contributed by atoms with van der Waals surface area (Å²) in [6.45, 7) is 4.70. The van der Waals surface area contributed by atoms with Crippen molar-refractivity contribution in [3.05, 3.63) is 71.7 Å². The minimum atomic E-state index is 0.0307. The van der Waals surface area contributed by atoms with E-state index in [4.69, 9.17) is 19.8 Å². The zero-order valence-corrected chi connectivity index (χ0v) is 20.0. The van der Waals surface area contributed by atoms with Crippen LogP contribution in [0.3, 0.4) is 0 Å². The van der Waals surface area contributed by atoms with E-state index in [0.717, 1.165) is 46.9 Å². The number of amides is 1. The molecule has 0 atom stereocenters. The monoisotopic (exact) mass is 468 g/mol. The average Bonchev–Trinajstić information content (AvgIpc) is 3.72. The summed E-state index contributed by atoms with van der Waals surface area (Å²) in [4.78, 5) is 27.3. The Labute approximate surface area is 204 Å². The van der Waals surface area contributed by atoms with Gasteiger partial charge in [-0.25, -0.2) is 14.6 Å². The topological polar surface area (TPSA) is 76.4 Å². The number of rotatable bonds is 5. The van der Waals surface area contributed by atoms with E-state index in [9.17, 15) is 4.79 Å². The number of aryl methyl sites for hydroxylation is 1. The molecule has 2 aromatic carbocycles. The van der Waals surface area contributed by atoms with E-state index >= 15 is 0 Å². The highest BCUT2D eigenvalue weighted by molar-refractivity contribution is 5.95. The Morgan fingerprint density at radius 2 is 1.74 bits per heavy atom. The Bertz CT molecular complexity index is 1390. The molecule has 0 unspecified atom stereocenters. The van der Waals surface area contributed by atoms with Crippen molar-refractivity contribution >= 4 is 22.8 Å². The number of piperazine rings is 1. The van der Waals surface area contributed by atoms with Gasteiger partial charge >= 0.3 is 0 Å². The van der Waals surface area contributed by atoms with Crippen LogP contribution < -0.4 is 9.64 Å². The quantitative estimate of drug-likeness (QED) is 0.441. The van der Waals surface area contributed by atoms with Gasteiger partial charge in [0.15, 0.2) is 5.65 Å². The minimum absolute atomic E-state index is 0.0307. The van der Waals surface area contributed by atoms with Crippen molar-refractivity contribution in [1.29, 1.82) is 0 Å². The van der Waals surface area contributed by atoms with Crippen molar-refractivity contribution < 1.29 is 9.53 Å². The lowest BCUT2D eigenvalue weighted by molar-refractivity contribution is 0.0746. The third kappa shape index (κ3) is 3.99. The summed E-state index contributed by atoms with van der Waals surface area (Å²) in [5, 5.41) is 5.84. The fraction of sp³-hybridized carbons (Fsp3) is 0.333. The van der Waals surface area contributed by atoms with Gasteiger partial charge in [-0.3, -0.25) is 4.79 Å². The molecule has 0 bridgehead atoms. The molecule has 0 spiro atoms. The largest absolute Gasteiger partial charge is 0.497 e. The highest BCUT2D eigenvalue weighted by Gasteiger charge is 2.31. The Balaban J connectivity index is 1.31. The fourth-order valence-corrected chi connectivity index (χ4v) is 4.74. The molecule has 6 rings (SSSR count). The number of nitrogens with zero attached hydrogens (tertiary/aromatic N) is 6. The predicted molar refractivity (Wildman–Crippen MR) is 134 cm³/mol. The van der Waals surface area contributed by atoms with E-state index in [1.807, 2.05) is 65.0 Å². The maximum absolute atomic E-state index is 13.1. The number of fused-ring (bicyclic) bond motifs is 1. The molecule has 0 radical (unpaired) electrons. The molecule has 2 aliphatic rings. The molecule has 8 nitrogen and oxygen atoms in total. The number of carbonyl (C=O) groups is 1. The standard InChI is InChI=1S/C27H28N6O2/c1-18-23-25(31-13-15-32(16-14-31)27(34)20-7-6-10-22(17-20)35-2)28-24(19-11-12-19)29-26(23)33(30-18)21-8-4-3-5-9-21/h3-10,17,19H,11-16H2,1-2H3. The number of hydrogen-bond acceptors (Lipinski definition) is 6. The number of carbonyl (C=O) groups excluding carboxylic acids is 1. The van der Waals surface area contributed by atoms with Gasteiger partial charge in [0, 0.05) is 37.7 Å². The summed E-state index contributed by atoms with van der Waals surface area (Å²) in [7, 11) is 1.61.